The number of hydrogen-bond acceptors (Lipinski definition) is 3. The van der Waals surface area contributed by atoms with Crippen molar-refractivity contribution < 1.29 is 14.3 Å². The van der Waals surface area contributed by atoms with Crippen molar-refractivity contribution >= 4 is 16.7 Å². The van der Waals surface area contributed by atoms with Crippen molar-refractivity contribution in [2.75, 3.05) is 6.61 Å². The van der Waals surface area contributed by atoms with Gasteiger partial charge in [-0.05, 0) is 53.5 Å². The fraction of sp³-hybridized carbons (Fsp3) is 0.500. The van der Waals surface area contributed by atoms with Gasteiger partial charge in [0.2, 0.25) is 0 Å². The Labute approximate surface area is 149 Å². The summed E-state index contributed by atoms with van der Waals surface area (Å²) in [6.07, 6.45) is 3.42. The molecular weight excluding hydrogens is 312 g/mol. The van der Waals surface area contributed by atoms with E-state index in [2.05, 4.69) is 26.8 Å². The molecule has 0 aliphatic heterocycles. The maximum Gasteiger partial charge on any atom is 0.344 e. The molecule has 2 fully saturated rings. The molecule has 2 saturated carbocycles. The van der Waals surface area contributed by atoms with Gasteiger partial charge in [-0.2, -0.15) is 0 Å². The third-order valence-electron chi connectivity index (χ3n) is 7.07. The maximum atomic E-state index is 12.3. The van der Waals surface area contributed by atoms with E-state index in [0.29, 0.717) is 11.7 Å². The molecule has 0 unspecified atom stereocenters. The quantitative estimate of drug-likeness (QED) is 0.738. The van der Waals surface area contributed by atoms with E-state index in [-0.39, 0.29) is 29.5 Å². The number of carbonyl (C=O) groups is 1. The molecule has 0 N–H and O–H groups in total. The first kappa shape index (κ1) is 16.4. The van der Waals surface area contributed by atoms with Crippen molar-refractivity contribution in [3.63, 3.8) is 0 Å². The molecule has 2 aliphatic rings. The van der Waals surface area contributed by atoms with Crippen LogP contribution in [0.5, 0.6) is 5.75 Å². The van der Waals surface area contributed by atoms with E-state index in [1.54, 1.807) is 0 Å². The highest BCUT2D eigenvalue weighted by Gasteiger charge is 2.62. The minimum Gasteiger partial charge on any atom is -0.482 e. The smallest absolute Gasteiger partial charge is 0.344 e. The zero-order valence-electron chi connectivity index (χ0n) is 15.2. The third kappa shape index (κ3) is 2.61. The highest BCUT2D eigenvalue weighted by Crippen LogP contribution is 2.66. The van der Waals surface area contributed by atoms with Crippen LogP contribution in [0.4, 0.5) is 0 Å². The zero-order valence-corrected chi connectivity index (χ0v) is 15.2. The van der Waals surface area contributed by atoms with Gasteiger partial charge in [0.15, 0.2) is 6.61 Å². The summed E-state index contributed by atoms with van der Waals surface area (Å²) >= 11 is 0. The average Bonchev–Trinajstić information content (AvgIpc) is 2.93. The second-order valence-corrected chi connectivity index (χ2v) is 8.39. The summed E-state index contributed by atoms with van der Waals surface area (Å²) in [5.74, 6) is 1.11. The first-order chi connectivity index (χ1) is 11.9. The van der Waals surface area contributed by atoms with Gasteiger partial charge < -0.3 is 9.47 Å². The fourth-order valence-electron chi connectivity index (χ4n) is 4.90. The SMILES string of the molecule is CC1(C)[C@H]2CC[C@]1(C)[C@H](OC(=O)COc1ccc3ccccc3c1)C2. The van der Waals surface area contributed by atoms with Gasteiger partial charge in [0.25, 0.3) is 0 Å². The van der Waals surface area contributed by atoms with Crippen molar-refractivity contribution in [2.24, 2.45) is 16.7 Å². The number of ether oxygens (including phenoxy) is 2. The van der Waals surface area contributed by atoms with Gasteiger partial charge in [-0.1, -0.05) is 51.1 Å². The minimum atomic E-state index is -0.261. The Bertz CT molecular complexity index is 810. The van der Waals surface area contributed by atoms with Crippen molar-refractivity contribution in [1.29, 1.82) is 0 Å². The topological polar surface area (TPSA) is 35.5 Å². The van der Waals surface area contributed by atoms with Crippen LogP contribution in [0.1, 0.15) is 40.0 Å². The predicted octanol–water partition coefficient (Wildman–Crippen LogP) is 4.98. The summed E-state index contributed by atoms with van der Waals surface area (Å²) in [6, 6.07) is 14.0. The molecule has 132 valence electrons. The standard InChI is InChI=1S/C22H26O3/c1-21(2)17-10-11-22(21,3)19(13-17)25-20(23)14-24-18-9-8-15-6-4-5-7-16(15)12-18/h4-9,12,17,19H,10-11,13-14H2,1-3H3/t17-,19+,22+/m0/s1. The molecule has 0 spiro atoms. The van der Waals surface area contributed by atoms with Crippen molar-refractivity contribution in [3.05, 3.63) is 42.5 Å². The Morgan fingerprint density at radius 1 is 1.12 bits per heavy atom. The zero-order chi connectivity index (χ0) is 17.7. The molecule has 3 atom stereocenters. The molecule has 3 heteroatoms. The number of esters is 1. The monoisotopic (exact) mass is 338 g/mol. The van der Waals surface area contributed by atoms with Gasteiger partial charge in [0.05, 0.1) is 0 Å². The lowest BCUT2D eigenvalue weighted by atomic mass is 9.70. The number of benzene rings is 2. The highest BCUT2D eigenvalue weighted by molar-refractivity contribution is 5.83. The largest absolute Gasteiger partial charge is 0.482 e. The van der Waals surface area contributed by atoms with E-state index in [1.807, 2.05) is 36.4 Å². The molecule has 2 bridgehead atoms. The molecule has 3 nitrogen and oxygen atoms in total. The van der Waals surface area contributed by atoms with E-state index in [4.69, 9.17) is 9.47 Å². The number of hydrogen-bond donors (Lipinski definition) is 0. The molecule has 0 heterocycles. The minimum absolute atomic E-state index is 0.0222. The molecule has 0 saturated heterocycles. The average molecular weight is 338 g/mol. The first-order valence-corrected chi connectivity index (χ1v) is 9.21. The van der Waals surface area contributed by atoms with E-state index in [9.17, 15) is 4.79 Å². The van der Waals surface area contributed by atoms with Crippen LogP contribution in [-0.2, 0) is 9.53 Å². The van der Waals surface area contributed by atoms with E-state index in [1.165, 1.54) is 6.42 Å². The van der Waals surface area contributed by atoms with Crippen LogP contribution < -0.4 is 4.74 Å². The number of rotatable bonds is 4. The Morgan fingerprint density at radius 2 is 1.88 bits per heavy atom. The summed E-state index contributed by atoms with van der Waals surface area (Å²) in [5, 5.41) is 2.27. The molecule has 2 aliphatic carbocycles. The van der Waals surface area contributed by atoms with E-state index < -0.39 is 0 Å². The summed E-state index contributed by atoms with van der Waals surface area (Å²) < 4.78 is 11.5. The highest BCUT2D eigenvalue weighted by atomic mass is 16.6. The van der Waals surface area contributed by atoms with Crippen molar-refractivity contribution in [2.45, 2.75) is 46.1 Å². The molecule has 0 radical (unpaired) electrons. The summed E-state index contributed by atoms with van der Waals surface area (Å²) in [7, 11) is 0. The van der Waals surface area contributed by atoms with Gasteiger partial charge in [0, 0.05) is 5.41 Å². The molecule has 0 aromatic heterocycles. The van der Waals surface area contributed by atoms with Gasteiger partial charge >= 0.3 is 5.97 Å². The lowest BCUT2D eigenvalue weighted by Crippen LogP contribution is -2.39. The molecular formula is C22H26O3. The second-order valence-electron chi connectivity index (χ2n) is 8.39. The van der Waals surface area contributed by atoms with Gasteiger partial charge in [-0.15, -0.1) is 0 Å². The molecule has 25 heavy (non-hydrogen) atoms. The van der Waals surface area contributed by atoms with Crippen LogP contribution >= 0.6 is 0 Å². The first-order valence-electron chi connectivity index (χ1n) is 9.21. The van der Waals surface area contributed by atoms with Crippen LogP contribution in [0.15, 0.2) is 42.5 Å². The predicted molar refractivity (Wildman–Crippen MR) is 98.6 cm³/mol. The number of fused-ring (bicyclic) bond motifs is 3. The van der Waals surface area contributed by atoms with Crippen LogP contribution in [0.25, 0.3) is 10.8 Å². The van der Waals surface area contributed by atoms with Crippen molar-refractivity contribution in [1.82, 2.24) is 0 Å². The molecule has 2 aromatic carbocycles. The fourth-order valence-corrected chi connectivity index (χ4v) is 4.90. The maximum absolute atomic E-state index is 12.3. The second kappa shape index (κ2) is 5.76. The van der Waals surface area contributed by atoms with Crippen LogP contribution in [0.3, 0.4) is 0 Å². The van der Waals surface area contributed by atoms with Gasteiger partial charge in [0.1, 0.15) is 11.9 Å². The summed E-state index contributed by atoms with van der Waals surface area (Å²) in [4.78, 5) is 12.3. The molecule has 4 rings (SSSR count). The summed E-state index contributed by atoms with van der Waals surface area (Å²) in [6.45, 7) is 6.90. The Kier molecular flexibility index (Phi) is 3.78. The summed E-state index contributed by atoms with van der Waals surface area (Å²) in [5.41, 5.74) is 0.341. The molecule has 0 amide bonds. The lowest BCUT2D eigenvalue weighted by Gasteiger charge is -2.38. The van der Waals surface area contributed by atoms with Crippen LogP contribution in [0.2, 0.25) is 0 Å². The van der Waals surface area contributed by atoms with Crippen LogP contribution in [0, 0.1) is 16.7 Å². The third-order valence-corrected chi connectivity index (χ3v) is 7.07. The Hall–Kier alpha value is -2.03. The van der Waals surface area contributed by atoms with Gasteiger partial charge in [-0.3, -0.25) is 0 Å². The van der Waals surface area contributed by atoms with Gasteiger partial charge in [-0.25, -0.2) is 4.79 Å². The van der Waals surface area contributed by atoms with Crippen molar-refractivity contribution in [3.8, 4) is 5.75 Å². The number of carbonyl (C=O) groups excluding carboxylic acids is 1. The van der Waals surface area contributed by atoms with E-state index >= 15 is 0 Å². The normalized spacial score (nSPS) is 29.7. The Balaban J connectivity index is 1.38. The Morgan fingerprint density at radius 3 is 2.56 bits per heavy atom. The van der Waals surface area contributed by atoms with E-state index in [0.717, 1.165) is 23.6 Å². The lowest BCUT2D eigenvalue weighted by molar-refractivity contribution is -0.159. The van der Waals surface area contributed by atoms with Crippen LogP contribution in [-0.4, -0.2) is 18.7 Å². The molecule has 2 aromatic rings.